The topological polar surface area (TPSA) is 118 Å². The first-order valence-corrected chi connectivity index (χ1v) is 7.75. The maximum atomic E-state index is 13.3. The Labute approximate surface area is 129 Å². The average Bonchev–Trinajstić information content (AvgIpc) is 2.94. The van der Waals surface area contributed by atoms with E-state index in [1.54, 1.807) is 12.3 Å². The number of hydrogen-bond acceptors (Lipinski definition) is 5. The van der Waals surface area contributed by atoms with Crippen LogP contribution in [0.2, 0.25) is 0 Å². The largest absolute Gasteiger partial charge is 0.290 e. The maximum Gasteiger partial charge on any atom is 0.290 e. The molecule has 0 aliphatic heterocycles. The van der Waals surface area contributed by atoms with Crippen LogP contribution in [0.1, 0.15) is 0 Å². The molecule has 0 spiro atoms. The molecule has 1 heterocycles. The van der Waals surface area contributed by atoms with E-state index in [4.69, 9.17) is 0 Å². The zero-order valence-corrected chi connectivity index (χ0v) is 12.2. The van der Waals surface area contributed by atoms with Gasteiger partial charge in [-0.2, -0.15) is 5.10 Å². The molecule has 118 valence electrons. The minimum absolute atomic E-state index is 0.167. The van der Waals surface area contributed by atoms with Crippen molar-refractivity contribution in [2.45, 2.75) is 4.90 Å². The minimum atomic E-state index is -4.33. The highest BCUT2D eigenvalue weighted by Crippen LogP contribution is 2.27. The first kappa shape index (κ1) is 14.9. The Morgan fingerprint density at radius 3 is 2.74 bits per heavy atom. The molecule has 0 unspecified atom stereocenters. The van der Waals surface area contributed by atoms with Crippen molar-refractivity contribution >= 4 is 32.3 Å². The van der Waals surface area contributed by atoms with E-state index in [-0.39, 0.29) is 5.69 Å². The highest BCUT2D eigenvalue weighted by Gasteiger charge is 2.26. The normalized spacial score (nSPS) is 11.5. The van der Waals surface area contributed by atoms with E-state index >= 15 is 0 Å². The fourth-order valence-electron chi connectivity index (χ4n) is 2.06. The number of H-pyrrole nitrogens is 1. The van der Waals surface area contributed by atoms with Gasteiger partial charge in [0.25, 0.3) is 15.7 Å². The van der Waals surface area contributed by atoms with E-state index in [0.29, 0.717) is 11.6 Å². The van der Waals surface area contributed by atoms with E-state index in [2.05, 4.69) is 14.9 Å². The van der Waals surface area contributed by atoms with Crippen molar-refractivity contribution in [2.24, 2.45) is 0 Å². The number of benzene rings is 2. The van der Waals surface area contributed by atoms with Crippen LogP contribution in [0.3, 0.4) is 0 Å². The second kappa shape index (κ2) is 5.32. The predicted molar refractivity (Wildman–Crippen MR) is 80.0 cm³/mol. The smallest absolute Gasteiger partial charge is 0.279 e. The number of rotatable bonds is 4. The highest BCUT2D eigenvalue weighted by molar-refractivity contribution is 7.92. The van der Waals surface area contributed by atoms with E-state index in [0.717, 1.165) is 17.5 Å². The molecule has 0 fully saturated rings. The SMILES string of the molecule is O=[N+]([O-])c1ccc(F)cc1S(=O)(=O)Nc1ccc2cn[nH]c2c1. The Bertz CT molecular complexity index is 1020. The molecule has 0 atom stereocenters. The van der Waals surface area contributed by atoms with Crippen LogP contribution in [0.15, 0.2) is 47.5 Å². The lowest BCUT2D eigenvalue weighted by Gasteiger charge is -2.08. The molecular weight excluding hydrogens is 327 g/mol. The van der Waals surface area contributed by atoms with E-state index in [1.165, 1.54) is 12.1 Å². The first-order chi connectivity index (χ1) is 10.9. The van der Waals surface area contributed by atoms with E-state index in [1.807, 2.05) is 0 Å². The number of nitrogens with one attached hydrogen (secondary N) is 2. The summed E-state index contributed by atoms with van der Waals surface area (Å²) < 4.78 is 40.2. The standard InChI is InChI=1S/C13H9FN4O4S/c14-9-2-4-12(18(19)20)13(5-9)23(21,22)17-10-3-1-8-7-15-16-11(8)6-10/h1-7,17H,(H,15,16). The number of halogens is 1. The molecule has 0 saturated carbocycles. The van der Waals surface area contributed by atoms with Crippen molar-refractivity contribution < 1.29 is 17.7 Å². The van der Waals surface area contributed by atoms with Crippen LogP contribution in [0.4, 0.5) is 15.8 Å². The summed E-state index contributed by atoms with van der Waals surface area (Å²) >= 11 is 0. The van der Waals surface area contributed by atoms with Gasteiger partial charge in [0.2, 0.25) is 0 Å². The van der Waals surface area contributed by atoms with Gasteiger partial charge in [-0.3, -0.25) is 19.9 Å². The number of aromatic nitrogens is 2. The van der Waals surface area contributed by atoms with Gasteiger partial charge < -0.3 is 0 Å². The molecule has 2 aromatic carbocycles. The number of sulfonamides is 1. The molecule has 3 rings (SSSR count). The summed E-state index contributed by atoms with van der Waals surface area (Å²) in [6.45, 7) is 0. The quantitative estimate of drug-likeness (QED) is 0.560. The first-order valence-electron chi connectivity index (χ1n) is 6.27. The summed E-state index contributed by atoms with van der Waals surface area (Å²) in [5.74, 6) is -0.889. The van der Waals surface area contributed by atoms with E-state index in [9.17, 15) is 22.9 Å². The van der Waals surface area contributed by atoms with Gasteiger partial charge in [-0.05, 0) is 24.3 Å². The van der Waals surface area contributed by atoms with Crippen molar-refractivity contribution in [3.8, 4) is 0 Å². The molecule has 1 aromatic heterocycles. The molecule has 0 aliphatic rings. The molecular formula is C13H9FN4O4S. The third-order valence-electron chi connectivity index (χ3n) is 3.10. The van der Waals surface area contributed by atoms with Gasteiger partial charge in [-0.25, -0.2) is 12.8 Å². The van der Waals surface area contributed by atoms with Crippen molar-refractivity contribution in [3.05, 3.63) is 58.5 Å². The number of anilines is 1. The molecule has 10 heteroatoms. The van der Waals surface area contributed by atoms with Crippen molar-refractivity contribution in [1.29, 1.82) is 0 Å². The molecule has 23 heavy (non-hydrogen) atoms. The van der Waals surface area contributed by atoms with Gasteiger partial charge in [0.05, 0.1) is 22.3 Å². The second-order valence-corrected chi connectivity index (χ2v) is 6.30. The number of nitrogens with zero attached hydrogens (tertiary/aromatic N) is 2. The number of hydrogen-bond donors (Lipinski definition) is 2. The van der Waals surface area contributed by atoms with Crippen LogP contribution in [0.25, 0.3) is 10.9 Å². The van der Waals surface area contributed by atoms with Gasteiger partial charge in [0, 0.05) is 17.5 Å². The lowest BCUT2D eigenvalue weighted by Crippen LogP contribution is -2.15. The van der Waals surface area contributed by atoms with Crippen LogP contribution < -0.4 is 4.72 Å². The fourth-order valence-corrected chi connectivity index (χ4v) is 3.30. The van der Waals surface area contributed by atoms with Crippen molar-refractivity contribution in [2.75, 3.05) is 4.72 Å². The average molecular weight is 336 g/mol. The highest BCUT2D eigenvalue weighted by atomic mass is 32.2. The lowest BCUT2D eigenvalue weighted by atomic mass is 10.2. The van der Waals surface area contributed by atoms with Crippen molar-refractivity contribution in [1.82, 2.24) is 10.2 Å². The Kier molecular flexibility index (Phi) is 3.45. The number of aromatic amines is 1. The number of nitro benzene ring substituents is 1. The van der Waals surface area contributed by atoms with Gasteiger partial charge in [-0.1, -0.05) is 0 Å². The molecule has 0 aliphatic carbocycles. The van der Waals surface area contributed by atoms with Crippen LogP contribution in [-0.4, -0.2) is 23.5 Å². The predicted octanol–water partition coefficient (Wildman–Crippen LogP) is 2.41. The summed E-state index contributed by atoms with van der Waals surface area (Å²) in [6.07, 6.45) is 1.56. The molecule has 0 bridgehead atoms. The van der Waals surface area contributed by atoms with Crippen LogP contribution >= 0.6 is 0 Å². The second-order valence-electron chi connectivity index (χ2n) is 4.65. The Hall–Kier alpha value is -3.01. The summed E-state index contributed by atoms with van der Waals surface area (Å²) in [6, 6.07) is 6.81. The Morgan fingerprint density at radius 1 is 1.22 bits per heavy atom. The summed E-state index contributed by atoms with van der Waals surface area (Å²) in [5, 5.41) is 18.2. The molecule has 0 radical (unpaired) electrons. The van der Waals surface area contributed by atoms with Crippen LogP contribution in [-0.2, 0) is 10.0 Å². The fraction of sp³-hybridized carbons (Fsp3) is 0. The monoisotopic (exact) mass is 336 g/mol. The van der Waals surface area contributed by atoms with Gasteiger partial charge in [-0.15, -0.1) is 0 Å². The van der Waals surface area contributed by atoms with Gasteiger partial charge in [0.1, 0.15) is 5.82 Å². The Balaban J connectivity index is 2.04. The van der Waals surface area contributed by atoms with Crippen LogP contribution in [0, 0.1) is 15.9 Å². The minimum Gasteiger partial charge on any atom is -0.279 e. The zero-order valence-electron chi connectivity index (χ0n) is 11.4. The molecule has 8 nitrogen and oxygen atoms in total. The summed E-state index contributed by atoms with van der Waals surface area (Å²) in [7, 11) is -4.33. The molecule has 3 aromatic rings. The molecule has 0 amide bonds. The summed E-state index contributed by atoms with van der Waals surface area (Å²) in [5.41, 5.74) is 0.0424. The number of nitro groups is 1. The van der Waals surface area contributed by atoms with Gasteiger partial charge >= 0.3 is 0 Å². The van der Waals surface area contributed by atoms with Crippen molar-refractivity contribution in [3.63, 3.8) is 0 Å². The molecule has 2 N–H and O–H groups in total. The molecule has 0 saturated heterocycles. The lowest BCUT2D eigenvalue weighted by molar-refractivity contribution is -0.387. The summed E-state index contributed by atoms with van der Waals surface area (Å²) in [4.78, 5) is 9.32. The zero-order chi connectivity index (χ0) is 16.6. The maximum absolute atomic E-state index is 13.3. The Morgan fingerprint density at radius 2 is 2.00 bits per heavy atom. The van der Waals surface area contributed by atoms with Crippen LogP contribution in [0.5, 0.6) is 0 Å². The van der Waals surface area contributed by atoms with Gasteiger partial charge in [0.15, 0.2) is 4.90 Å². The van der Waals surface area contributed by atoms with E-state index < -0.39 is 31.3 Å². The third-order valence-corrected chi connectivity index (χ3v) is 4.51. The number of fused-ring (bicyclic) bond motifs is 1. The third kappa shape index (κ3) is 2.83.